The van der Waals surface area contributed by atoms with Crippen LogP contribution in [0.5, 0.6) is 0 Å². The van der Waals surface area contributed by atoms with Crippen LogP contribution in [-0.2, 0) is 28.9 Å². The number of likely N-dealkylation sites (tertiary alicyclic amines) is 1. The zero-order chi connectivity index (χ0) is 22.1. The van der Waals surface area contributed by atoms with E-state index in [0.29, 0.717) is 45.6 Å². The minimum absolute atomic E-state index is 0.0463. The number of halogens is 1. The molecule has 0 aliphatic carbocycles. The highest BCUT2D eigenvalue weighted by molar-refractivity contribution is 5.83. The molecule has 6 heteroatoms. The number of aliphatic hydroxyl groups is 1. The minimum atomic E-state index is -0.556. The average molecular weight is 439 g/mol. The lowest BCUT2D eigenvalue weighted by atomic mass is 9.74. The number of fused-ring (bicyclic) bond motifs is 1. The Hall–Kier alpha value is -2.28. The number of benzene rings is 2. The first-order valence-corrected chi connectivity index (χ1v) is 11.6. The first-order valence-electron chi connectivity index (χ1n) is 11.6. The molecule has 0 radical (unpaired) electrons. The predicted molar refractivity (Wildman–Crippen MR) is 120 cm³/mol. The van der Waals surface area contributed by atoms with Gasteiger partial charge < -0.3 is 14.7 Å². The molecule has 2 saturated heterocycles. The van der Waals surface area contributed by atoms with Gasteiger partial charge in [-0.15, -0.1) is 0 Å². The van der Waals surface area contributed by atoms with Gasteiger partial charge in [-0.3, -0.25) is 9.69 Å². The molecule has 0 aromatic heterocycles. The smallest absolute Gasteiger partial charge is 0.229 e. The summed E-state index contributed by atoms with van der Waals surface area (Å²) in [4.78, 5) is 18.0. The third kappa shape index (κ3) is 4.19. The van der Waals surface area contributed by atoms with Crippen LogP contribution in [0, 0.1) is 11.2 Å². The summed E-state index contributed by atoms with van der Waals surface area (Å²) >= 11 is 0. The molecule has 2 fully saturated rings. The van der Waals surface area contributed by atoms with Gasteiger partial charge in [0.1, 0.15) is 5.82 Å². The molecule has 170 valence electrons. The largest absolute Gasteiger partial charge is 0.390 e. The standard InChI is InChI=1S/C26H31FN2O3/c27-22-7-5-19(6-8-22)15-26(10-13-32-14-11-26)25(31)29-17-23(24(30)18-29)28-12-9-20-3-1-2-4-21(20)16-28/h1-8,23-24,30H,9-18H2/t23-,24-/m0/s1. The molecule has 32 heavy (non-hydrogen) atoms. The maximum atomic E-state index is 13.8. The summed E-state index contributed by atoms with van der Waals surface area (Å²) in [5.74, 6) is -0.168. The molecule has 1 N–H and O–H groups in total. The number of β-amino-alcohol motifs (C(OH)–C–C–N with tert-alkyl or cyclic N) is 1. The molecule has 3 aliphatic rings. The Morgan fingerprint density at radius 2 is 1.78 bits per heavy atom. The molecule has 2 aromatic carbocycles. The average Bonchev–Trinajstić information content (AvgIpc) is 3.22. The highest BCUT2D eigenvalue weighted by Crippen LogP contribution is 2.38. The van der Waals surface area contributed by atoms with Crippen molar-refractivity contribution in [1.82, 2.24) is 9.80 Å². The number of hydrogen-bond acceptors (Lipinski definition) is 4. The van der Waals surface area contributed by atoms with Gasteiger partial charge in [-0.05, 0) is 54.5 Å². The molecular formula is C26H31FN2O3. The van der Waals surface area contributed by atoms with Gasteiger partial charge in [0.15, 0.2) is 0 Å². The summed E-state index contributed by atoms with van der Waals surface area (Å²) in [6.07, 6.45) is 2.30. The number of aliphatic hydroxyl groups excluding tert-OH is 1. The molecule has 3 aliphatic heterocycles. The van der Waals surface area contributed by atoms with Crippen molar-refractivity contribution in [2.75, 3.05) is 32.8 Å². The summed E-state index contributed by atoms with van der Waals surface area (Å²) in [6.45, 7) is 3.73. The van der Waals surface area contributed by atoms with Gasteiger partial charge in [0.2, 0.25) is 5.91 Å². The third-order valence-corrected chi connectivity index (χ3v) is 7.53. The van der Waals surface area contributed by atoms with Crippen molar-refractivity contribution in [3.8, 4) is 0 Å². The van der Waals surface area contributed by atoms with Crippen LogP contribution in [0.15, 0.2) is 48.5 Å². The molecule has 0 bridgehead atoms. The van der Waals surface area contributed by atoms with E-state index in [9.17, 15) is 14.3 Å². The van der Waals surface area contributed by atoms with Crippen LogP contribution in [0.2, 0.25) is 0 Å². The van der Waals surface area contributed by atoms with E-state index in [1.807, 2.05) is 4.90 Å². The second-order valence-electron chi connectivity index (χ2n) is 9.53. The molecule has 2 aromatic rings. The molecule has 5 rings (SSSR count). The molecule has 0 unspecified atom stereocenters. The number of ether oxygens (including phenoxy) is 1. The Morgan fingerprint density at radius 3 is 2.53 bits per heavy atom. The lowest BCUT2D eigenvalue weighted by molar-refractivity contribution is -0.147. The van der Waals surface area contributed by atoms with E-state index in [2.05, 4.69) is 29.2 Å². The first-order chi connectivity index (χ1) is 15.5. The Kier molecular flexibility index (Phi) is 6.01. The first kappa shape index (κ1) is 21.6. The van der Waals surface area contributed by atoms with Crippen LogP contribution in [-0.4, -0.2) is 65.8 Å². The van der Waals surface area contributed by atoms with E-state index in [-0.39, 0.29) is 17.8 Å². The van der Waals surface area contributed by atoms with Gasteiger partial charge in [0.05, 0.1) is 17.6 Å². The number of hydrogen-bond donors (Lipinski definition) is 1. The summed E-state index contributed by atoms with van der Waals surface area (Å²) in [5.41, 5.74) is 3.10. The van der Waals surface area contributed by atoms with E-state index in [1.165, 1.54) is 23.3 Å². The monoisotopic (exact) mass is 438 g/mol. The van der Waals surface area contributed by atoms with Crippen LogP contribution in [0.1, 0.15) is 29.5 Å². The quantitative estimate of drug-likeness (QED) is 0.798. The Bertz CT molecular complexity index is 958. The van der Waals surface area contributed by atoms with Crippen LogP contribution < -0.4 is 0 Å². The highest BCUT2D eigenvalue weighted by atomic mass is 19.1. The van der Waals surface area contributed by atoms with Crippen molar-refractivity contribution in [3.05, 3.63) is 71.0 Å². The Balaban J connectivity index is 1.32. The van der Waals surface area contributed by atoms with E-state index in [1.54, 1.807) is 12.1 Å². The molecule has 0 spiro atoms. The number of carbonyl (C=O) groups excluding carboxylic acids is 1. The summed E-state index contributed by atoms with van der Waals surface area (Å²) < 4.78 is 19.0. The predicted octanol–water partition coefficient (Wildman–Crippen LogP) is 2.80. The van der Waals surface area contributed by atoms with Gasteiger partial charge in [-0.1, -0.05) is 36.4 Å². The van der Waals surface area contributed by atoms with Gasteiger partial charge in [-0.25, -0.2) is 4.39 Å². The topological polar surface area (TPSA) is 53.0 Å². The normalized spacial score (nSPS) is 25.5. The molecule has 2 atom stereocenters. The van der Waals surface area contributed by atoms with E-state index < -0.39 is 11.5 Å². The molecule has 0 saturated carbocycles. The van der Waals surface area contributed by atoms with Gasteiger partial charge in [0, 0.05) is 39.4 Å². The zero-order valence-electron chi connectivity index (χ0n) is 18.4. The lowest BCUT2D eigenvalue weighted by Gasteiger charge is -2.39. The fourth-order valence-corrected chi connectivity index (χ4v) is 5.65. The third-order valence-electron chi connectivity index (χ3n) is 7.53. The minimum Gasteiger partial charge on any atom is -0.390 e. The summed E-state index contributed by atoms with van der Waals surface area (Å²) in [7, 11) is 0. The number of rotatable bonds is 4. The molecule has 1 amide bonds. The highest BCUT2D eigenvalue weighted by Gasteiger charge is 2.47. The Morgan fingerprint density at radius 1 is 1.06 bits per heavy atom. The number of amides is 1. The second kappa shape index (κ2) is 8.93. The zero-order valence-corrected chi connectivity index (χ0v) is 18.4. The van der Waals surface area contributed by atoms with Gasteiger partial charge in [0.25, 0.3) is 0 Å². The van der Waals surface area contributed by atoms with Crippen molar-refractivity contribution < 1.29 is 19.0 Å². The second-order valence-corrected chi connectivity index (χ2v) is 9.53. The fourth-order valence-electron chi connectivity index (χ4n) is 5.65. The maximum absolute atomic E-state index is 13.8. The molecular weight excluding hydrogens is 407 g/mol. The van der Waals surface area contributed by atoms with Crippen LogP contribution >= 0.6 is 0 Å². The number of carbonyl (C=O) groups is 1. The van der Waals surface area contributed by atoms with E-state index in [0.717, 1.165) is 25.1 Å². The van der Waals surface area contributed by atoms with Crippen molar-refractivity contribution in [3.63, 3.8) is 0 Å². The van der Waals surface area contributed by atoms with Crippen LogP contribution in [0.25, 0.3) is 0 Å². The SMILES string of the molecule is O=C(N1C[C@H](O)[C@@H](N2CCc3ccccc3C2)C1)C1(Cc2ccc(F)cc2)CCOCC1. The summed E-state index contributed by atoms with van der Waals surface area (Å²) in [5, 5.41) is 10.9. The number of nitrogens with zero attached hydrogens (tertiary/aromatic N) is 2. The van der Waals surface area contributed by atoms with E-state index in [4.69, 9.17) is 4.74 Å². The van der Waals surface area contributed by atoms with Crippen LogP contribution in [0.3, 0.4) is 0 Å². The maximum Gasteiger partial charge on any atom is 0.229 e. The van der Waals surface area contributed by atoms with Crippen molar-refractivity contribution in [2.45, 2.75) is 44.4 Å². The lowest BCUT2D eigenvalue weighted by Crippen LogP contribution is -2.49. The van der Waals surface area contributed by atoms with Crippen LogP contribution in [0.4, 0.5) is 4.39 Å². The van der Waals surface area contributed by atoms with Crippen molar-refractivity contribution >= 4 is 5.91 Å². The molecule has 3 heterocycles. The van der Waals surface area contributed by atoms with E-state index >= 15 is 0 Å². The van der Waals surface area contributed by atoms with Gasteiger partial charge in [-0.2, -0.15) is 0 Å². The summed E-state index contributed by atoms with van der Waals surface area (Å²) in [6, 6.07) is 14.9. The van der Waals surface area contributed by atoms with Crippen molar-refractivity contribution in [1.29, 1.82) is 0 Å². The fraction of sp³-hybridized carbons (Fsp3) is 0.500. The Labute approximate surface area is 188 Å². The van der Waals surface area contributed by atoms with Crippen molar-refractivity contribution in [2.24, 2.45) is 5.41 Å². The molecule has 5 nitrogen and oxygen atoms in total. The van der Waals surface area contributed by atoms with Gasteiger partial charge >= 0.3 is 0 Å².